The summed E-state index contributed by atoms with van der Waals surface area (Å²) in [6.07, 6.45) is 0.921. The number of aryl methyl sites for hydroxylation is 1. The van der Waals surface area contributed by atoms with Gasteiger partial charge in [-0.05, 0) is 36.2 Å². The Morgan fingerprint density at radius 1 is 1.24 bits per heavy atom. The normalized spacial score (nSPS) is 12.6. The number of hydrogen-bond donors (Lipinski definition) is 1. The van der Waals surface area contributed by atoms with Crippen molar-refractivity contribution in [1.82, 2.24) is 0 Å². The van der Waals surface area contributed by atoms with Gasteiger partial charge in [-0.2, -0.15) is 0 Å². The third-order valence-electron chi connectivity index (χ3n) is 3.60. The molecule has 0 fully saturated rings. The summed E-state index contributed by atoms with van der Waals surface area (Å²) < 4.78 is 6.25. The molecule has 3 heteroatoms. The Balaban J connectivity index is 3.06. The van der Waals surface area contributed by atoms with Crippen molar-refractivity contribution < 1.29 is 9.53 Å². The molecule has 0 spiro atoms. The van der Waals surface area contributed by atoms with Crippen LogP contribution in [0.15, 0.2) is 18.2 Å². The zero-order chi connectivity index (χ0) is 13.3. The van der Waals surface area contributed by atoms with Gasteiger partial charge in [0.2, 0.25) is 8.32 Å². The first-order chi connectivity index (χ1) is 7.67. The summed E-state index contributed by atoms with van der Waals surface area (Å²) in [4.78, 5) is 0. The molecule has 0 aromatic heterocycles. The van der Waals surface area contributed by atoms with Crippen molar-refractivity contribution in [2.45, 2.75) is 52.2 Å². The summed E-state index contributed by atoms with van der Waals surface area (Å²) in [5, 5.41) is 9.74. The predicted molar refractivity (Wildman–Crippen MR) is 75.3 cm³/mol. The van der Waals surface area contributed by atoms with E-state index in [0.29, 0.717) is 0 Å². The third kappa shape index (κ3) is 3.25. The molecule has 1 aromatic carbocycles. The molecule has 0 saturated heterocycles. The van der Waals surface area contributed by atoms with Gasteiger partial charge in [-0.3, -0.25) is 0 Å². The molecule has 0 heterocycles. The highest BCUT2D eigenvalue weighted by Crippen LogP contribution is 2.38. The third-order valence-corrected chi connectivity index (χ3v) is 7.95. The topological polar surface area (TPSA) is 29.5 Å². The lowest BCUT2D eigenvalue weighted by atomic mass is 10.1. The van der Waals surface area contributed by atoms with Crippen molar-refractivity contribution >= 4 is 8.32 Å². The molecular formula is C14H24O2Si. The highest BCUT2D eigenvalue weighted by molar-refractivity contribution is 6.74. The number of aromatic hydroxyl groups is 1. The van der Waals surface area contributed by atoms with E-state index in [2.05, 4.69) is 40.8 Å². The maximum atomic E-state index is 9.57. The molecule has 0 radical (unpaired) electrons. The summed E-state index contributed by atoms with van der Waals surface area (Å²) in [6, 6.07) is 5.40. The van der Waals surface area contributed by atoms with Crippen LogP contribution in [0.1, 0.15) is 33.3 Å². The Morgan fingerprint density at radius 3 is 2.29 bits per heavy atom. The molecule has 17 heavy (non-hydrogen) atoms. The molecule has 1 N–H and O–H groups in total. The van der Waals surface area contributed by atoms with Gasteiger partial charge < -0.3 is 9.53 Å². The van der Waals surface area contributed by atoms with Crippen molar-refractivity contribution in [3.05, 3.63) is 23.8 Å². The van der Waals surface area contributed by atoms with Gasteiger partial charge in [0, 0.05) is 6.07 Å². The van der Waals surface area contributed by atoms with Crippen LogP contribution >= 0.6 is 0 Å². The minimum atomic E-state index is -1.83. The van der Waals surface area contributed by atoms with Crippen LogP contribution in [0.4, 0.5) is 0 Å². The number of phenolic OH excluding ortho intramolecular Hbond substituents is 1. The Hall–Kier alpha value is -0.963. The zero-order valence-corrected chi connectivity index (χ0v) is 12.8. The number of benzene rings is 1. The second-order valence-electron chi connectivity index (χ2n) is 6.01. The smallest absolute Gasteiger partial charge is 0.250 e. The predicted octanol–water partition coefficient (Wildman–Crippen LogP) is 4.34. The fourth-order valence-electron chi connectivity index (χ4n) is 1.36. The van der Waals surface area contributed by atoms with Crippen molar-refractivity contribution in [1.29, 1.82) is 0 Å². The van der Waals surface area contributed by atoms with Crippen LogP contribution < -0.4 is 4.43 Å². The molecule has 0 amide bonds. The Kier molecular flexibility index (Phi) is 3.92. The molecular weight excluding hydrogens is 228 g/mol. The van der Waals surface area contributed by atoms with Crippen LogP contribution in [0.3, 0.4) is 0 Å². The van der Waals surface area contributed by atoms with Crippen LogP contribution in [0.25, 0.3) is 0 Å². The second kappa shape index (κ2) is 4.73. The van der Waals surface area contributed by atoms with Crippen molar-refractivity contribution in [3.63, 3.8) is 0 Å². The van der Waals surface area contributed by atoms with Gasteiger partial charge >= 0.3 is 0 Å². The standard InChI is InChI=1S/C14H24O2Si/c1-7-11-8-9-12(15)10-13(11)16-17(5,6)14(2,3)4/h8-10,15H,7H2,1-6H3. The SMILES string of the molecule is CCc1ccc(O)cc1O[Si](C)(C)C(C)(C)C. The van der Waals surface area contributed by atoms with Crippen molar-refractivity contribution in [2.24, 2.45) is 0 Å². The minimum Gasteiger partial charge on any atom is -0.543 e. The quantitative estimate of drug-likeness (QED) is 0.811. The van der Waals surface area contributed by atoms with Gasteiger partial charge in [-0.1, -0.05) is 33.8 Å². The van der Waals surface area contributed by atoms with E-state index in [1.807, 2.05) is 6.07 Å². The van der Waals surface area contributed by atoms with E-state index in [1.165, 1.54) is 0 Å². The van der Waals surface area contributed by atoms with Gasteiger partial charge in [0.05, 0.1) is 0 Å². The molecule has 0 aliphatic heterocycles. The van der Waals surface area contributed by atoms with E-state index in [0.717, 1.165) is 17.7 Å². The van der Waals surface area contributed by atoms with E-state index in [9.17, 15) is 5.11 Å². The number of rotatable bonds is 3. The first-order valence-electron chi connectivity index (χ1n) is 6.18. The largest absolute Gasteiger partial charge is 0.543 e. The molecule has 0 unspecified atom stereocenters. The van der Waals surface area contributed by atoms with Crippen molar-refractivity contribution in [3.8, 4) is 11.5 Å². The van der Waals surface area contributed by atoms with Gasteiger partial charge in [0.25, 0.3) is 0 Å². The van der Waals surface area contributed by atoms with E-state index >= 15 is 0 Å². The van der Waals surface area contributed by atoms with Gasteiger partial charge in [-0.15, -0.1) is 0 Å². The highest BCUT2D eigenvalue weighted by Gasteiger charge is 2.39. The average molecular weight is 252 g/mol. The second-order valence-corrected chi connectivity index (χ2v) is 10.7. The first kappa shape index (κ1) is 14.1. The molecule has 0 aliphatic rings. The van der Waals surface area contributed by atoms with Gasteiger partial charge in [-0.25, -0.2) is 0 Å². The molecule has 96 valence electrons. The monoisotopic (exact) mass is 252 g/mol. The highest BCUT2D eigenvalue weighted by atomic mass is 28.4. The molecule has 2 nitrogen and oxygen atoms in total. The maximum Gasteiger partial charge on any atom is 0.250 e. The van der Waals surface area contributed by atoms with Gasteiger partial charge in [0.15, 0.2) is 0 Å². The molecule has 1 aromatic rings. The number of phenols is 1. The maximum absolute atomic E-state index is 9.57. The summed E-state index contributed by atoms with van der Waals surface area (Å²) >= 11 is 0. The zero-order valence-electron chi connectivity index (χ0n) is 11.8. The van der Waals surface area contributed by atoms with E-state index in [4.69, 9.17) is 4.43 Å². The van der Waals surface area contributed by atoms with Gasteiger partial charge in [0.1, 0.15) is 11.5 Å². The average Bonchev–Trinajstić information content (AvgIpc) is 2.15. The van der Waals surface area contributed by atoms with E-state index in [1.54, 1.807) is 12.1 Å². The first-order valence-corrected chi connectivity index (χ1v) is 9.09. The summed E-state index contributed by atoms with van der Waals surface area (Å²) in [6.45, 7) is 13.2. The van der Waals surface area contributed by atoms with Crippen LogP contribution in [-0.4, -0.2) is 13.4 Å². The Bertz CT molecular complexity index is 392. The molecule has 0 aliphatic carbocycles. The van der Waals surface area contributed by atoms with Crippen LogP contribution in [0, 0.1) is 0 Å². The minimum absolute atomic E-state index is 0.170. The Morgan fingerprint density at radius 2 is 1.82 bits per heavy atom. The van der Waals surface area contributed by atoms with Crippen molar-refractivity contribution in [2.75, 3.05) is 0 Å². The van der Waals surface area contributed by atoms with Crippen LogP contribution in [0.2, 0.25) is 18.1 Å². The molecule has 0 bridgehead atoms. The van der Waals surface area contributed by atoms with Crippen LogP contribution in [-0.2, 0) is 6.42 Å². The van der Waals surface area contributed by atoms with E-state index < -0.39 is 8.32 Å². The summed E-state index contributed by atoms with van der Waals surface area (Å²) in [5.41, 5.74) is 1.16. The van der Waals surface area contributed by atoms with E-state index in [-0.39, 0.29) is 10.8 Å². The summed E-state index contributed by atoms with van der Waals surface area (Å²) in [5.74, 6) is 1.12. The molecule has 1 rings (SSSR count). The van der Waals surface area contributed by atoms with Crippen LogP contribution in [0.5, 0.6) is 11.5 Å². The molecule has 0 saturated carbocycles. The lowest BCUT2D eigenvalue weighted by Gasteiger charge is -2.37. The Labute approximate surface area is 106 Å². The fourth-order valence-corrected chi connectivity index (χ4v) is 2.40. The lowest BCUT2D eigenvalue weighted by Crippen LogP contribution is -2.44. The fraction of sp³-hybridized carbons (Fsp3) is 0.571. The summed E-state index contributed by atoms with van der Waals surface area (Å²) in [7, 11) is -1.83. The lowest BCUT2D eigenvalue weighted by molar-refractivity contribution is 0.459. The molecule has 0 atom stereocenters. The number of hydrogen-bond acceptors (Lipinski definition) is 2.